The van der Waals surface area contributed by atoms with E-state index in [1.807, 2.05) is 26.8 Å². The van der Waals surface area contributed by atoms with Crippen LogP contribution in [0.2, 0.25) is 0 Å². The molecule has 2 rings (SSSR count). The highest BCUT2D eigenvalue weighted by Gasteiger charge is 2.34. The maximum atomic E-state index is 10.9. The Kier molecular flexibility index (Phi) is 4.46. The van der Waals surface area contributed by atoms with Gasteiger partial charge < -0.3 is 9.84 Å². The fourth-order valence-electron chi connectivity index (χ4n) is 2.93. The highest BCUT2D eigenvalue weighted by Crippen LogP contribution is 2.39. The summed E-state index contributed by atoms with van der Waals surface area (Å²) >= 11 is 0. The van der Waals surface area contributed by atoms with E-state index in [1.165, 1.54) is 19.3 Å². The molecule has 0 radical (unpaired) electrons. The van der Waals surface area contributed by atoms with Gasteiger partial charge in [-0.2, -0.15) is 0 Å². The number of pyridine rings is 1. The van der Waals surface area contributed by atoms with Gasteiger partial charge in [-0.3, -0.25) is 4.98 Å². The predicted molar refractivity (Wildman–Crippen MR) is 76.1 cm³/mol. The van der Waals surface area contributed by atoms with Gasteiger partial charge >= 0.3 is 0 Å². The van der Waals surface area contributed by atoms with E-state index in [2.05, 4.69) is 4.98 Å². The minimum absolute atomic E-state index is 0.122. The van der Waals surface area contributed by atoms with Gasteiger partial charge in [0, 0.05) is 11.8 Å². The summed E-state index contributed by atoms with van der Waals surface area (Å²) in [5.74, 6) is 1.07. The van der Waals surface area contributed by atoms with Crippen LogP contribution in [0.15, 0.2) is 18.5 Å². The van der Waals surface area contributed by atoms with Crippen molar-refractivity contribution in [3.05, 3.63) is 24.0 Å². The standard InChI is InChI=1S/C16H25NO2/c1-12(2)19-15-9-14(10-17-11-15)16(3,18)13-7-5-4-6-8-13/h9-13,18H,4-8H2,1-3H3. The first-order valence-electron chi connectivity index (χ1n) is 7.34. The van der Waals surface area contributed by atoms with Crippen molar-refractivity contribution in [2.75, 3.05) is 0 Å². The normalized spacial score (nSPS) is 20.3. The Balaban J connectivity index is 2.18. The lowest BCUT2D eigenvalue weighted by molar-refractivity contribution is -0.0220. The molecule has 1 unspecified atom stereocenters. The molecule has 3 nitrogen and oxygen atoms in total. The van der Waals surface area contributed by atoms with Gasteiger partial charge in [-0.05, 0) is 45.6 Å². The molecule has 1 saturated carbocycles. The highest BCUT2D eigenvalue weighted by atomic mass is 16.5. The monoisotopic (exact) mass is 263 g/mol. The molecule has 1 N–H and O–H groups in total. The summed E-state index contributed by atoms with van der Waals surface area (Å²) in [5.41, 5.74) is 0.0709. The van der Waals surface area contributed by atoms with Gasteiger partial charge in [-0.25, -0.2) is 0 Å². The van der Waals surface area contributed by atoms with Gasteiger partial charge in [0.1, 0.15) is 5.75 Å². The molecule has 3 heteroatoms. The van der Waals surface area contributed by atoms with Gasteiger partial charge in [0.05, 0.1) is 17.9 Å². The van der Waals surface area contributed by atoms with Crippen LogP contribution < -0.4 is 4.74 Å². The second-order valence-corrected chi connectivity index (χ2v) is 6.06. The molecule has 0 saturated heterocycles. The van der Waals surface area contributed by atoms with Crippen molar-refractivity contribution >= 4 is 0 Å². The lowest BCUT2D eigenvalue weighted by Crippen LogP contribution is -2.33. The Morgan fingerprint density at radius 1 is 1.26 bits per heavy atom. The van der Waals surface area contributed by atoms with Gasteiger partial charge in [0.2, 0.25) is 0 Å². The molecule has 106 valence electrons. The molecule has 1 aromatic heterocycles. The highest BCUT2D eigenvalue weighted by molar-refractivity contribution is 5.28. The first kappa shape index (κ1) is 14.3. The zero-order valence-electron chi connectivity index (χ0n) is 12.2. The van der Waals surface area contributed by atoms with Crippen molar-refractivity contribution in [3.8, 4) is 5.75 Å². The molecule has 0 bridgehead atoms. The van der Waals surface area contributed by atoms with Crippen molar-refractivity contribution in [2.24, 2.45) is 5.92 Å². The molecule has 1 aliphatic carbocycles. The van der Waals surface area contributed by atoms with Crippen LogP contribution in [0.3, 0.4) is 0 Å². The van der Waals surface area contributed by atoms with Crippen molar-refractivity contribution in [2.45, 2.75) is 64.6 Å². The van der Waals surface area contributed by atoms with E-state index < -0.39 is 5.60 Å². The third kappa shape index (κ3) is 3.47. The summed E-state index contributed by atoms with van der Waals surface area (Å²) in [4.78, 5) is 4.21. The molecule has 0 spiro atoms. The Bertz CT molecular complexity index is 409. The topological polar surface area (TPSA) is 42.4 Å². The molecule has 0 aromatic carbocycles. The van der Waals surface area contributed by atoms with Crippen LogP contribution in [0, 0.1) is 5.92 Å². The van der Waals surface area contributed by atoms with Crippen LogP contribution in [0.1, 0.15) is 58.4 Å². The quantitative estimate of drug-likeness (QED) is 0.901. The lowest BCUT2D eigenvalue weighted by atomic mass is 9.75. The fourth-order valence-corrected chi connectivity index (χ4v) is 2.93. The first-order valence-corrected chi connectivity index (χ1v) is 7.34. The number of aromatic nitrogens is 1. The minimum atomic E-state index is -0.802. The van der Waals surface area contributed by atoms with Crippen LogP contribution in [0.4, 0.5) is 0 Å². The summed E-state index contributed by atoms with van der Waals surface area (Å²) in [6, 6.07) is 1.93. The zero-order chi connectivity index (χ0) is 13.9. The first-order chi connectivity index (χ1) is 9.00. The Hall–Kier alpha value is -1.09. The van der Waals surface area contributed by atoms with E-state index in [4.69, 9.17) is 4.74 Å². The largest absolute Gasteiger partial charge is 0.489 e. The summed E-state index contributed by atoms with van der Waals surface area (Å²) in [6.07, 6.45) is 9.53. The smallest absolute Gasteiger partial charge is 0.138 e. The maximum Gasteiger partial charge on any atom is 0.138 e. The van der Waals surface area contributed by atoms with Gasteiger partial charge in [-0.15, -0.1) is 0 Å². The fraction of sp³-hybridized carbons (Fsp3) is 0.688. The van der Waals surface area contributed by atoms with E-state index in [-0.39, 0.29) is 6.10 Å². The summed E-state index contributed by atoms with van der Waals surface area (Å²) in [5, 5.41) is 10.9. The van der Waals surface area contributed by atoms with E-state index in [0.29, 0.717) is 5.92 Å². The van der Waals surface area contributed by atoms with E-state index in [1.54, 1.807) is 12.4 Å². The van der Waals surface area contributed by atoms with E-state index in [0.717, 1.165) is 24.2 Å². The third-order valence-corrected chi connectivity index (χ3v) is 4.07. The molecular formula is C16H25NO2. The predicted octanol–water partition coefficient (Wildman–Crippen LogP) is 3.66. The van der Waals surface area contributed by atoms with Crippen LogP contribution in [0.5, 0.6) is 5.75 Å². The number of nitrogens with zero attached hydrogens (tertiary/aromatic N) is 1. The number of hydrogen-bond donors (Lipinski definition) is 1. The SMILES string of the molecule is CC(C)Oc1cncc(C(C)(O)C2CCCCC2)c1. The molecule has 1 atom stereocenters. The van der Waals surface area contributed by atoms with Gasteiger partial charge in [0.15, 0.2) is 0 Å². The Labute approximate surface area is 116 Å². The lowest BCUT2D eigenvalue weighted by Gasteiger charge is -2.36. The molecule has 1 heterocycles. The van der Waals surface area contributed by atoms with Crippen LogP contribution >= 0.6 is 0 Å². The second kappa shape index (κ2) is 5.91. The number of hydrogen-bond acceptors (Lipinski definition) is 3. The third-order valence-electron chi connectivity index (χ3n) is 4.07. The van der Waals surface area contributed by atoms with Crippen molar-refractivity contribution in [1.29, 1.82) is 0 Å². The second-order valence-electron chi connectivity index (χ2n) is 6.06. The van der Waals surface area contributed by atoms with Crippen LogP contribution in [0.25, 0.3) is 0 Å². The van der Waals surface area contributed by atoms with E-state index in [9.17, 15) is 5.11 Å². The van der Waals surface area contributed by atoms with E-state index >= 15 is 0 Å². The molecule has 0 amide bonds. The zero-order valence-corrected chi connectivity index (χ0v) is 12.2. The average molecular weight is 263 g/mol. The number of ether oxygens (including phenoxy) is 1. The summed E-state index contributed by atoms with van der Waals surface area (Å²) < 4.78 is 5.66. The summed E-state index contributed by atoms with van der Waals surface area (Å²) in [6.45, 7) is 5.90. The van der Waals surface area contributed by atoms with Crippen molar-refractivity contribution in [3.63, 3.8) is 0 Å². The number of aliphatic hydroxyl groups is 1. The Morgan fingerprint density at radius 3 is 2.58 bits per heavy atom. The summed E-state index contributed by atoms with van der Waals surface area (Å²) in [7, 11) is 0. The molecule has 1 aliphatic rings. The molecule has 1 fully saturated rings. The van der Waals surface area contributed by atoms with Gasteiger partial charge in [-0.1, -0.05) is 19.3 Å². The molecule has 19 heavy (non-hydrogen) atoms. The van der Waals surface area contributed by atoms with Crippen LogP contribution in [-0.2, 0) is 5.60 Å². The molecule has 0 aliphatic heterocycles. The van der Waals surface area contributed by atoms with Gasteiger partial charge in [0.25, 0.3) is 0 Å². The maximum absolute atomic E-state index is 10.9. The molecular weight excluding hydrogens is 238 g/mol. The van der Waals surface area contributed by atoms with Crippen molar-refractivity contribution < 1.29 is 9.84 Å². The average Bonchev–Trinajstić information content (AvgIpc) is 2.39. The molecule has 1 aromatic rings. The Morgan fingerprint density at radius 2 is 1.95 bits per heavy atom. The number of rotatable bonds is 4. The van der Waals surface area contributed by atoms with Crippen LogP contribution in [-0.4, -0.2) is 16.2 Å². The van der Waals surface area contributed by atoms with Crippen molar-refractivity contribution in [1.82, 2.24) is 4.98 Å². The minimum Gasteiger partial charge on any atom is -0.489 e.